The Balaban J connectivity index is 2.76. The largest absolute Gasteiger partial charge is 0.481 e. The molecule has 3 N–H and O–H groups in total. The molecule has 0 saturated carbocycles. The molecule has 6 heteroatoms. The van der Waals surface area contributed by atoms with E-state index in [2.05, 4.69) is 5.32 Å². The van der Waals surface area contributed by atoms with E-state index < -0.39 is 23.6 Å². The first kappa shape index (κ1) is 19.0. The predicted octanol–water partition coefficient (Wildman–Crippen LogP) is 1.84. The van der Waals surface area contributed by atoms with Crippen LogP contribution in [-0.4, -0.2) is 40.3 Å². The van der Waals surface area contributed by atoms with Crippen molar-refractivity contribution >= 4 is 11.9 Å². The van der Waals surface area contributed by atoms with E-state index in [4.69, 9.17) is 9.84 Å². The van der Waals surface area contributed by atoms with Gasteiger partial charge in [0, 0.05) is 0 Å². The lowest BCUT2D eigenvalue weighted by molar-refractivity contribution is -0.156. The first-order valence-corrected chi connectivity index (χ1v) is 7.55. The summed E-state index contributed by atoms with van der Waals surface area (Å²) < 4.78 is 5.73. The Kier molecular flexibility index (Phi) is 6.15. The number of aliphatic hydroxyl groups is 1. The molecule has 128 valence electrons. The van der Waals surface area contributed by atoms with Gasteiger partial charge < -0.3 is 20.3 Å². The fourth-order valence-electron chi connectivity index (χ4n) is 1.94. The molecule has 6 nitrogen and oxygen atoms in total. The number of aryl methyl sites for hydroxylation is 1. The summed E-state index contributed by atoms with van der Waals surface area (Å²) in [6, 6.07) is 5.82. The van der Waals surface area contributed by atoms with Crippen LogP contribution in [0, 0.1) is 6.92 Å². The topological polar surface area (TPSA) is 95.9 Å². The van der Waals surface area contributed by atoms with Gasteiger partial charge in [0.1, 0.15) is 5.75 Å². The maximum Gasteiger partial charge on any atom is 0.337 e. The van der Waals surface area contributed by atoms with Gasteiger partial charge in [0.25, 0.3) is 5.91 Å². The molecule has 0 aliphatic carbocycles. The summed E-state index contributed by atoms with van der Waals surface area (Å²) in [6.07, 6.45) is -0.807. The third-order valence-corrected chi connectivity index (χ3v) is 3.53. The van der Waals surface area contributed by atoms with E-state index in [1.165, 1.54) is 0 Å². The van der Waals surface area contributed by atoms with Gasteiger partial charge in [-0.3, -0.25) is 4.79 Å². The van der Waals surface area contributed by atoms with Gasteiger partial charge in [-0.2, -0.15) is 0 Å². The Hall–Kier alpha value is -2.08. The molecule has 0 aromatic heterocycles. The molecule has 1 amide bonds. The number of nitrogens with one attached hydrogen (secondary N) is 1. The van der Waals surface area contributed by atoms with Crippen molar-refractivity contribution in [3.63, 3.8) is 0 Å². The molecule has 0 saturated heterocycles. The summed E-state index contributed by atoms with van der Waals surface area (Å²) in [7, 11) is 0. The Bertz CT molecular complexity index is 580. The third-order valence-electron chi connectivity index (χ3n) is 3.53. The third kappa shape index (κ3) is 5.25. The van der Waals surface area contributed by atoms with Crippen LogP contribution in [0.15, 0.2) is 18.2 Å². The van der Waals surface area contributed by atoms with Crippen LogP contribution in [0.4, 0.5) is 0 Å². The molecule has 0 heterocycles. The summed E-state index contributed by atoms with van der Waals surface area (Å²) in [6.45, 7) is 8.32. The van der Waals surface area contributed by atoms with Crippen molar-refractivity contribution in [2.75, 3.05) is 6.54 Å². The number of benzene rings is 1. The Morgan fingerprint density at radius 1 is 1.30 bits per heavy atom. The average molecular weight is 323 g/mol. The van der Waals surface area contributed by atoms with E-state index in [1.807, 2.05) is 39.0 Å². The molecular weight excluding hydrogens is 298 g/mol. The number of carboxylic acids is 1. The summed E-state index contributed by atoms with van der Waals surface area (Å²) in [5, 5.41) is 20.8. The molecule has 1 aromatic carbocycles. The van der Waals surface area contributed by atoms with Crippen LogP contribution in [0.25, 0.3) is 0 Å². The van der Waals surface area contributed by atoms with Gasteiger partial charge in [0.2, 0.25) is 0 Å². The van der Waals surface area contributed by atoms with Crippen molar-refractivity contribution in [1.82, 2.24) is 5.32 Å². The lowest BCUT2D eigenvalue weighted by atomic mass is 10.0. The summed E-state index contributed by atoms with van der Waals surface area (Å²) in [5.74, 6) is -1.00. The lowest BCUT2D eigenvalue weighted by Crippen LogP contribution is -2.49. The maximum absolute atomic E-state index is 12.0. The van der Waals surface area contributed by atoms with Gasteiger partial charge in [-0.15, -0.1) is 0 Å². The molecule has 2 atom stereocenters. The monoisotopic (exact) mass is 323 g/mol. The Labute approximate surface area is 136 Å². The van der Waals surface area contributed by atoms with Crippen molar-refractivity contribution in [3.05, 3.63) is 29.3 Å². The predicted molar refractivity (Wildman–Crippen MR) is 86.6 cm³/mol. The molecule has 0 fully saturated rings. The Morgan fingerprint density at radius 2 is 1.91 bits per heavy atom. The minimum Gasteiger partial charge on any atom is -0.481 e. The second-order valence-electron chi connectivity index (χ2n) is 6.25. The van der Waals surface area contributed by atoms with Crippen molar-refractivity contribution < 1.29 is 24.5 Å². The lowest BCUT2D eigenvalue weighted by Gasteiger charge is -2.22. The van der Waals surface area contributed by atoms with Gasteiger partial charge in [-0.25, -0.2) is 4.79 Å². The molecule has 1 rings (SSSR count). The highest BCUT2D eigenvalue weighted by molar-refractivity contribution is 5.82. The number of ether oxygens (including phenoxy) is 1. The van der Waals surface area contributed by atoms with Crippen molar-refractivity contribution in [2.24, 2.45) is 0 Å². The highest BCUT2D eigenvalue weighted by atomic mass is 16.5. The molecule has 23 heavy (non-hydrogen) atoms. The number of hydrogen-bond donors (Lipinski definition) is 3. The molecule has 0 radical (unpaired) electrons. The van der Waals surface area contributed by atoms with E-state index in [9.17, 15) is 14.7 Å². The maximum atomic E-state index is 12.0. The standard InChI is InChI=1S/C17H25NO5/c1-10(2)13-7-6-11(3)8-14(13)23-12(4)15(19)18-9-17(5,22)16(20)21/h6-8,10,12,22H,9H2,1-5H3,(H,18,19)(H,20,21). The van der Waals surface area contributed by atoms with Crippen LogP contribution < -0.4 is 10.1 Å². The van der Waals surface area contributed by atoms with Crippen LogP contribution in [0.5, 0.6) is 5.75 Å². The number of aliphatic carboxylic acids is 1. The van der Waals surface area contributed by atoms with Crippen LogP contribution >= 0.6 is 0 Å². The number of carboxylic acid groups (broad SMARTS) is 1. The van der Waals surface area contributed by atoms with Gasteiger partial charge in [0.05, 0.1) is 6.54 Å². The molecular formula is C17H25NO5. The molecule has 0 bridgehead atoms. The zero-order chi connectivity index (χ0) is 17.8. The molecule has 0 aliphatic rings. The number of carbonyl (C=O) groups is 2. The van der Waals surface area contributed by atoms with E-state index in [1.54, 1.807) is 6.92 Å². The number of rotatable bonds is 7. The van der Waals surface area contributed by atoms with Gasteiger partial charge >= 0.3 is 5.97 Å². The van der Waals surface area contributed by atoms with Gasteiger partial charge in [0.15, 0.2) is 11.7 Å². The number of amides is 1. The van der Waals surface area contributed by atoms with Crippen LogP contribution in [0.1, 0.15) is 44.7 Å². The normalized spacial score (nSPS) is 14.9. The summed E-state index contributed by atoms with van der Waals surface area (Å²) >= 11 is 0. The molecule has 2 unspecified atom stereocenters. The number of carbonyl (C=O) groups excluding carboxylic acids is 1. The first-order chi connectivity index (χ1) is 10.5. The smallest absolute Gasteiger partial charge is 0.337 e. The quantitative estimate of drug-likeness (QED) is 0.711. The SMILES string of the molecule is Cc1ccc(C(C)C)c(OC(C)C(=O)NCC(C)(O)C(=O)O)c1. The van der Waals surface area contributed by atoms with Crippen molar-refractivity contribution in [2.45, 2.75) is 52.2 Å². The minimum atomic E-state index is -2.01. The second kappa shape index (κ2) is 7.46. The van der Waals surface area contributed by atoms with Gasteiger partial charge in [-0.05, 0) is 43.9 Å². The van der Waals surface area contributed by atoms with Crippen LogP contribution in [-0.2, 0) is 9.59 Å². The van der Waals surface area contributed by atoms with E-state index >= 15 is 0 Å². The van der Waals surface area contributed by atoms with E-state index in [0.717, 1.165) is 18.1 Å². The fourth-order valence-corrected chi connectivity index (χ4v) is 1.94. The molecule has 0 spiro atoms. The highest BCUT2D eigenvalue weighted by Gasteiger charge is 2.31. The summed E-state index contributed by atoms with van der Waals surface area (Å²) in [4.78, 5) is 22.9. The first-order valence-electron chi connectivity index (χ1n) is 7.55. The zero-order valence-electron chi connectivity index (χ0n) is 14.2. The van der Waals surface area contributed by atoms with Crippen LogP contribution in [0.3, 0.4) is 0 Å². The van der Waals surface area contributed by atoms with Crippen LogP contribution in [0.2, 0.25) is 0 Å². The van der Waals surface area contributed by atoms with Gasteiger partial charge in [-0.1, -0.05) is 26.0 Å². The number of hydrogen-bond acceptors (Lipinski definition) is 4. The van der Waals surface area contributed by atoms with Crippen molar-refractivity contribution in [3.8, 4) is 5.75 Å². The van der Waals surface area contributed by atoms with Crippen molar-refractivity contribution in [1.29, 1.82) is 0 Å². The van der Waals surface area contributed by atoms with E-state index in [-0.39, 0.29) is 12.5 Å². The zero-order valence-corrected chi connectivity index (χ0v) is 14.2. The minimum absolute atomic E-state index is 0.244. The second-order valence-corrected chi connectivity index (χ2v) is 6.25. The molecule has 0 aliphatic heterocycles. The Morgan fingerprint density at radius 3 is 2.43 bits per heavy atom. The highest BCUT2D eigenvalue weighted by Crippen LogP contribution is 2.28. The average Bonchev–Trinajstić information content (AvgIpc) is 2.44. The molecule has 1 aromatic rings. The summed E-state index contributed by atoms with van der Waals surface area (Å²) in [5.41, 5.74) is 0.000498. The fraction of sp³-hybridized carbons (Fsp3) is 0.529. The van der Waals surface area contributed by atoms with E-state index in [0.29, 0.717) is 5.75 Å².